The van der Waals surface area contributed by atoms with E-state index in [1.54, 1.807) is 19.2 Å². The Bertz CT molecular complexity index is 1830. The predicted molar refractivity (Wildman–Crippen MR) is 253 cm³/mol. The molecular formula is C48H76BrFN6O8. The summed E-state index contributed by atoms with van der Waals surface area (Å²) in [4.78, 5) is 22.6. The molecule has 0 aliphatic carbocycles. The number of halogens is 2. The van der Waals surface area contributed by atoms with Crippen molar-refractivity contribution in [1.82, 2.24) is 15.0 Å². The number of aliphatic hydroxyl groups excluding tert-OH is 1. The lowest BCUT2D eigenvalue weighted by Crippen LogP contribution is -2.58. The van der Waals surface area contributed by atoms with Gasteiger partial charge < -0.3 is 49.3 Å². The van der Waals surface area contributed by atoms with Crippen molar-refractivity contribution in [2.45, 2.75) is 154 Å². The molecular weight excluding hydrogens is 887 g/mol. The van der Waals surface area contributed by atoms with Crippen LogP contribution in [0.5, 0.6) is 0 Å². The number of methoxy groups -OCH3 is 1. The normalized spacial score (nSPS) is 32.8. The van der Waals surface area contributed by atoms with Crippen molar-refractivity contribution >= 4 is 33.8 Å². The average molecular weight is 964 g/mol. The van der Waals surface area contributed by atoms with Crippen LogP contribution in [0.25, 0.3) is 11.3 Å². The number of aromatic nitrogens is 1. The Morgan fingerprint density at radius 3 is 2.45 bits per heavy atom. The summed E-state index contributed by atoms with van der Waals surface area (Å²) in [6.45, 7) is 20.5. The Morgan fingerprint density at radius 2 is 1.88 bits per heavy atom. The maximum Gasteiger partial charge on any atom is 0.309 e. The number of esters is 1. The Labute approximate surface area is 389 Å². The monoisotopic (exact) mass is 962 g/mol. The number of nitrogens with zero attached hydrogens (tertiary/aromatic N) is 5. The highest BCUT2D eigenvalue weighted by atomic mass is 79.9. The van der Waals surface area contributed by atoms with Crippen molar-refractivity contribution in [2.24, 2.45) is 39.1 Å². The van der Waals surface area contributed by atoms with Gasteiger partial charge in [0.2, 0.25) is 0 Å². The van der Waals surface area contributed by atoms with Crippen molar-refractivity contribution in [3.8, 4) is 11.3 Å². The van der Waals surface area contributed by atoms with E-state index in [2.05, 4.69) is 82.3 Å². The fourth-order valence-corrected chi connectivity index (χ4v) is 9.96. The van der Waals surface area contributed by atoms with Gasteiger partial charge in [0.25, 0.3) is 0 Å². The van der Waals surface area contributed by atoms with Gasteiger partial charge in [-0.25, -0.2) is 4.39 Å². The first kappa shape index (κ1) is 53.5. The zero-order chi connectivity index (χ0) is 47.5. The van der Waals surface area contributed by atoms with Crippen molar-refractivity contribution in [1.29, 1.82) is 0 Å². The van der Waals surface area contributed by atoms with Crippen LogP contribution in [-0.4, -0.2) is 138 Å². The van der Waals surface area contributed by atoms with E-state index in [4.69, 9.17) is 29.3 Å². The number of rotatable bonds is 15. The maximum atomic E-state index is 14.5. The lowest BCUT2D eigenvalue weighted by Gasteiger charge is -2.45. The molecule has 0 bridgehead atoms. The first-order chi connectivity index (χ1) is 30.2. The van der Waals surface area contributed by atoms with E-state index in [0.29, 0.717) is 54.8 Å². The Balaban J connectivity index is 1.47. The van der Waals surface area contributed by atoms with Gasteiger partial charge in [-0.2, -0.15) is 5.10 Å². The van der Waals surface area contributed by atoms with Crippen LogP contribution in [0.4, 0.5) is 4.39 Å². The third-order valence-corrected chi connectivity index (χ3v) is 13.8. The highest BCUT2D eigenvalue weighted by Crippen LogP contribution is 2.41. The summed E-state index contributed by atoms with van der Waals surface area (Å²) in [6, 6.07) is 8.09. The molecule has 360 valence electrons. The van der Waals surface area contributed by atoms with Crippen LogP contribution in [0.2, 0.25) is 0 Å². The molecule has 2 fully saturated rings. The zero-order valence-electron chi connectivity index (χ0n) is 40.0. The minimum Gasteiger partial charge on any atom is -0.459 e. The van der Waals surface area contributed by atoms with E-state index < -0.39 is 66.3 Å². The molecule has 0 spiro atoms. The molecule has 4 rings (SSSR count). The molecule has 2 aliphatic heterocycles. The number of hydrogen-bond acceptors (Lipinski definition) is 14. The standard InChI is InChI=1S/C48H76BrFN6O8/c1-13-33-21-30(4)46(58)62-40(14-2)48(9,59)44(57)32(6)56(11)28-29(3)25-47(7,8)45(33)63-42-23-37(22-31(5)61-42)55(10)20-19-36(53-51)27-52-38(26-50)43(60-12)35-17-15-34(16-18-35)39-24-41(49)54-64-39/h13,15-18,24,27,29-33,37-38,40,42-45,57,59H,1,14,19-23,25-26,28,51H2,2-12H3/t29-,30-,31-,32-,33+,37+,38-,40-,42+,43-,44-,45-,48-/m1/s1. The van der Waals surface area contributed by atoms with Gasteiger partial charge in [-0.1, -0.05) is 70.1 Å². The molecule has 64 heavy (non-hydrogen) atoms. The van der Waals surface area contributed by atoms with Gasteiger partial charge >= 0.3 is 5.97 Å². The number of benzene rings is 1. The second-order valence-electron chi connectivity index (χ2n) is 19.2. The number of carbonyl (C=O) groups is 1. The number of aliphatic hydroxyl groups is 2. The third-order valence-electron chi connectivity index (χ3n) is 13.4. The Kier molecular flexibility index (Phi) is 20.1. The number of alkyl halides is 1. The number of cyclic esters (lactones) is 1. The SMILES string of the molecule is C=C[C@H]1C[C@@H](C)C(=O)O[C@H](CC)[C@@](C)(O)[C@H](O)[C@@H](C)N(C)C[C@H](C)CC(C)(C)[C@@H]1O[C@H]1C[C@@H](N(C)CCC(C=N[C@H](CF)[C@H](OC)c2ccc(-c3cc(Br)no3)cc2)=NN)C[C@@H](C)O1. The van der Waals surface area contributed by atoms with Crippen LogP contribution >= 0.6 is 15.9 Å². The molecule has 14 nitrogen and oxygen atoms in total. The van der Waals surface area contributed by atoms with Crippen molar-refractivity contribution in [3.63, 3.8) is 0 Å². The molecule has 16 heteroatoms. The molecule has 3 heterocycles. The van der Waals surface area contributed by atoms with Gasteiger partial charge in [0.15, 0.2) is 12.1 Å². The van der Waals surface area contributed by atoms with Crippen LogP contribution in [0.15, 0.2) is 62.2 Å². The molecule has 4 N–H and O–H groups in total. The fraction of sp³-hybridized carbons (Fsp3) is 0.708. The first-order valence-corrected chi connectivity index (χ1v) is 23.5. The number of hydrogen-bond donors (Lipinski definition) is 3. The number of aliphatic imine (C=N–C) groups is 1. The van der Waals surface area contributed by atoms with E-state index in [-0.39, 0.29) is 30.1 Å². The van der Waals surface area contributed by atoms with E-state index in [9.17, 15) is 19.4 Å². The second kappa shape index (κ2) is 24.1. The van der Waals surface area contributed by atoms with Gasteiger partial charge in [-0.15, -0.1) is 6.58 Å². The Hall–Kier alpha value is -3.09. The van der Waals surface area contributed by atoms with Gasteiger partial charge in [0, 0.05) is 68.9 Å². The maximum absolute atomic E-state index is 14.5. The summed E-state index contributed by atoms with van der Waals surface area (Å²) < 4.78 is 45.8. The number of carbonyl (C=O) groups excluding carboxylic acids is 1. The molecule has 0 radical (unpaired) electrons. The molecule has 1 aromatic carbocycles. The van der Waals surface area contributed by atoms with E-state index in [1.165, 1.54) is 7.11 Å². The van der Waals surface area contributed by atoms with Crippen LogP contribution in [0.1, 0.15) is 106 Å². The van der Waals surface area contributed by atoms with Crippen molar-refractivity contribution in [3.05, 3.63) is 53.2 Å². The lowest BCUT2D eigenvalue weighted by molar-refractivity contribution is -0.247. The molecule has 0 unspecified atom stereocenters. The molecule has 2 aromatic rings. The quantitative estimate of drug-likeness (QED) is 0.0521. The molecule has 2 saturated heterocycles. The first-order valence-electron chi connectivity index (χ1n) is 22.7. The summed E-state index contributed by atoms with van der Waals surface area (Å²) >= 11 is 3.30. The smallest absolute Gasteiger partial charge is 0.309 e. The van der Waals surface area contributed by atoms with Crippen LogP contribution in [-0.2, 0) is 23.7 Å². The molecule has 2 aliphatic rings. The summed E-state index contributed by atoms with van der Waals surface area (Å²) in [5.41, 5.74) is 0.0567. The number of likely N-dealkylation sites (N-methyl/N-ethyl adjacent to an activating group) is 1. The number of nitrogens with two attached hydrogens (primary N) is 1. The number of ether oxygens (including phenoxy) is 4. The third kappa shape index (κ3) is 14.0. The van der Waals surface area contributed by atoms with Gasteiger partial charge in [-0.3, -0.25) is 9.79 Å². The molecule has 1 aromatic heterocycles. The summed E-state index contributed by atoms with van der Waals surface area (Å²) in [5.74, 6) is 5.43. The molecule has 0 amide bonds. The number of hydrazone groups is 1. The highest BCUT2D eigenvalue weighted by molar-refractivity contribution is 9.10. The highest BCUT2D eigenvalue weighted by Gasteiger charge is 2.46. The zero-order valence-corrected chi connectivity index (χ0v) is 41.5. The van der Waals surface area contributed by atoms with E-state index >= 15 is 0 Å². The van der Waals surface area contributed by atoms with Crippen LogP contribution in [0, 0.1) is 23.2 Å². The van der Waals surface area contributed by atoms with Crippen molar-refractivity contribution < 1.29 is 42.9 Å². The largest absolute Gasteiger partial charge is 0.459 e. The minimum atomic E-state index is -1.66. The summed E-state index contributed by atoms with van der Waals surface area (Å²) in [7, 11) is 5.54. The van der Waals surface area contributed by atoms with Crippen LogP contribution in [0.3, 0.4) is 0 Å². The fourth-order valence-electron chi connectivity index (χ4n) is 9.68. The second-order valence-corrected chi connectivity index (χ2v) is 20.0. The lowest BCUT2D eigenvalue weighted by atomic mass is 9.71. The van der Waals surface area contributed by atoms with Crippen molar-refractivity contribution in [2.75, 3.05) is 41.0 Å². The van der Waals surface area contributed by atoms with Gasteiger partial charge in [-0.05, 0) is 93.4 Å². The average Bonchev–Trinajstić information content (AvgIpc) is 3.70. The Morgan fingerprint density at radius 1 is 1.19 bits per heavy atom. The predicted octanol–water partition coefficient (Wildman–Crippen LogP) is 7.76. The van der Waals surface area contributed by atoms with Gasteiger partial charge in [0.05, 0.1) is 23.8 Å². The van der Waals surface area contributed by atoms with Gasteiger partial charge in [0.1, 0.15) is 41.2 Å². The van der Waals surface area contributed by atoms with Crippen LogP contribution < -0.4 is 5.84 Å². The summed E-state index contributed by atoms with van der Waals surface area (Å²) in [5, 5.41) is 30.9. The molecule has 0 saturated carbocycles. The van der Waals surface area contributed by atoms with E-state index in [1.807, 2.05) is 58.2 Å². The molecule has 13 atom stereocenters. The topological polar surface area (TPSA) is 178 Å². The van der Waals surface area contributed by atoms with E-state index in [0.717, 1.165) is 24.0 Å². The minimum absolute atomic E-state index is 0.0981. The summed E-state index contributed by atoms with van der Waals surface area (Å²) in [6.07, 6.45) is 3.12.